The molecule has 1 rings (SSSR count). The second-order valence-electron chi connectivity index (χ2n) is 1.74. The van der Waals surface area contributed by atoms with Crippen molar-refractivity contribution in [3.8, 4) is 0 Å². The van der Waals surface area contributed by atoms with E-state index < -0.39 is 5.56 Å². The summed E-state index contributed by atoms with van der Waals surface area (Å²) in [6.07, 6.45) is 1.43. The molecule has 0 spiro atoms. The lowest BCUT2D eigenvalue weighted by Crippen LogP contribution is -2.12. The Hall–Kier alpha value is -0.870. The van der Waals surface area contributed by atoms with Crippen LogP contribution in [0, 0.1) is 0 Å². The largest absolute Gasteiger partial charge is 0.326 e. The summed E-state index contributed by atoms with van der Waals surface area (Å²) in [4.78, 5) is 10.7. The first kappa shape index (κ1) is 7.24. The fourth-order valence-electron chi connectivity index (χ4n) is 0.563. The summed E-state index contributed by atoms with van der Waals surface area (Å²) < 4.78 is 0. The van der Waals surface area contributed by atoms with Gasteiger partial charge in [0.1, 0.15) is 5.02 Å². The predicted molar refractivity (Wildman–Crippen MR) is 37.8 cm³/mol. The molecule has 54 valence electrons. The predicted octanol–water partition coefficient (Wildman–Crippen LogP) is -0.118. The van der Waals surface area contributed by atoms with E-state index in [1.807, 2.05) is 0 Å². The van der Waals surface area contributed by atoms with Gasteiger partial charge in [0.15, 0.2) is 0 Å². The van der Waals surface area contributed by atoms with Crippen LogP contribution >= 0.6 is 11.6 Å². The van der Waals surface area contributed by atoms with Crippen molar-refractivity contribution in [3.05, 3.63) is 27.1 Å². The zero-order chi connectivity index (χ0) is 7.56. The third-order valence-electron chi connectivity index (χ3n) is 1.09. The van der Waals surface area contributed by atoms with Crippen LogP contribution in [0.1, 0.15) is 5.56 Å². The summed E-state index contributed by atoms with van der Waals surface area (Å²) in [5, 5.41) is 5.82. The van der Waals surface area contributed by atoms with Crippen LogP contribution in [-0.4, -0.2) is 10.2 Å². The molecule has 0 bridgehead atoms. The molecule has 5 heteroatoms. The van der Waals surface area contributed by atoms with Crippen LogP contribution in [0.15, 0.2) is 11.0 Å². The average Bonchev–Trinajstić information content (AvgIpc) is 1.95. The van der Waals surface area contributed by atoms with Gasteiger partial charge in [-0.05, 0) is 0 Å². The molecule has 0 unspecified atom stereocenters. The van der Waals surface area contributed by atoms with Crippen molar-refractivity contribution in [2.45, 2.75) is 6.54 Å². The zero-order valence-electron chi connectivity index (χ0n) is 5.10. The first-order valence-electron chi connectivity index (χ1n) is 2.68. The molecule has 0 amide bonds. The summed E-state index contributed by atoms with van der Waals surface area (Å²) in [7, 11) is 0. The molecule has 0 saturated heterocycles. The highest BCUT2D eigenvalue weighted by Crippen LogP contribution is 2.05. The molecule has 4 nitrogen and oxygen atoms in total. The van der Waals surface area contributed by atoms with Crippen LogP contribution < -0.4 is 11.3 Å². The van der Waals surface area contributed by atoms with E-state index in [2.05, 4.69) is 10.2 Å². The maximum atomic E-state index is 10.7. The lowest BCUT2D eigenvalue weighted by Gasteiger charge is -1.94. The molecule has 0 aliphatic heterocycles. The Morgan fingerprint density at radius 1 is 1.80 bits per heavy atom. The minimum Gasteiger partial charge on any atom is -0.326 e. The maximum absolute atomic E-state index is 10.7. The van der Waals surface area contributed by atoms with Crippen molar-refractivity contribution >= 4 is 11.6 Å². The Bertz CT molecular complexity index is 282. The molecule has 3 N–H and O–H groups in total. The van der Waals surface area contributed by atoms with Crippen LogP contribution in [0.4, 0.5) is 0 Å². The summed E-state index contributed by atoms with van der Waals surface area (Å²) in [6, 6.07) is 0. The Morgan fingerprint density at radius 2 is 2.50 bits per heavy atom. The molecule has 0 fully saturated rings. The molecule has 0 atom stereocenters. The van der Waals surface area contributed by atoms with Gasteiger partial charge in [-0.15, -0.1) is 0 Å². The number of hydrogen-bond acceptors (Lipinski definition) is 3. The number of hydrogen-bond donors (Lipinski definition) is 2. The van der Waals surface area contributed by atoms with Gasteiger partial charge in [-0.2, -0.15) is 5.10 Å². The maximum Gasteiger partial charge on any atom is 0.283 e. The smallest absolute Gasteiger partial charge is 0.283 e. The van der Waals surface area contributed by atoms with Gasteiger partial charge in [-0.1, -0.05) is 11.6 Å². The number of nitrogens with two attached hydrogens (primary N) is 1. The van der Waals surface area contributed by atoms with Gasteiger partial charge in [0.05, 0.1) is 6.20 Å². The number of halogens is 1. The fourth-order valence-corrected chi connectivity index (χ4v) is 0.731. The summed E-state index contributed by atoms with van der Waals surface area (Å²) in [5.74, 6) is 0. The summed E-state index contributed by atoms with van der Waals surface area (Å²) in [6.45, 7) is 0.232. The van der Waals surface area contributed by atoms with Crippen LogP contribution in [0.5, 0.6) is 0 Å². The van der Waals surface area contributed by atoms with Crippen LogP contribution in [0.2, 0.25) is 5.02 Å². The number of aromatic nitrogens is 2. The third-order valence-corrected chi connectivity index (χ3v) is 1.50. The Morgan fingerprint density at radius 3 is 3.00 bits per heavy atom. The minimum atomic E-state index is -0.399. The lowest BCUT2D eigenvalue weighted by molar-refractivity contribution is 0.937. The molecule has 0 aliphatic rings. The van der Waals surface area contributed by atoms with E-state index in [0.717, 1.165) is 0 Å². The van der Waals surface area contributed by atoms with Crippen molar-refractivity contribution in [2.24, 2.45) is 5.73 Å². The molecule has 0 saturated carbocycles. The van der Waals surface area contributed by atoms with Gasteiger partial charge in [-0.3, -0.25) is 4.79 Å². The number of rotatable bonds is 1. The van der Waals surface area contributed by atoms with Crippen molar-refractivity contribution in [1.29, 1.82) is 0 Å². The first-order chi connectivity index (χ1) is 4.75. The number of nitrogens with one attached hydrogen (secondary N) is 1. The Labute approximate surface area is 62.0 Å². The normalized spacial score (nSPS) is 9.80. The quantitative estimate of drug-likeness (QED) is 0.600. The third kappa shape index (κ3) is 1.17. The molecule has 1 aromatic rings. The summed E-state index contributed by atoms with van der Waals surface area (Å²) in [5.41, 5.74) is 5.40. The van der Waals surface area contributed by atoms with Crippen molar-refractivity contribution < 1.29 is 0 Å². The van der Waals surface area contributed by atoms with Crippen molar-refractivity contribution in [3.63, 3.8) is 0 Å². The topological polar surface area (TPSA) is 71.8 Å². The molecule has 10 heavy (non-hydrogen) atoms. The molecule has 0 radical (unpaired) electrons. The van der Waals surface area contributed by atoms with E-state index in [-0.39, 0.29) is 11.6 Å². The van der Waals surface area contributed by atoms with Gasteiger partial charge < -0.3 is 5.73 Å². The van der Waals surface area contributed by atoms with Gasteiger partial charge in [-0.25, -0.2) is 5.10 Å². The molecule has 1 heterocycles. The van der Waals surface area contributed by atoms with Crippen LogP contribution in [-0.2, 0) is 6.54 Å². The molecule has 1 aromatic heterocycles. The fraction of sp³-hybridized carbons (Fsp3) is 0.200. The number of H-pyrrole nitrogens is 1. The van der Waals surface area contributed by atoms with E-state index in [4.69, 9.17) is 17.3 Å². The highest BCUT2D eigenvalue weighted by molar-refractivity contribution is 6.31. The van der Waals surface area contributed by atoms with Gasteiger partial charge >= 0.3 is 0 Å². The van der Waals surface area contributed by atoms with Crippen molar-refractivity contribution in [2.75, 3.05) is 0 Å². The molecular weight excluding hydrogens is 154 g/mol. The highest BCUT2D eigenvalue weighted by Gasteiger charge is 2.00. The van der Waals surface area contributed by atoms with E-state index in [1.165, 1.54) is 6.20 Å². The zero-order valence-corrected chi connectivity index (χ0v) is 5.85. The van der Waals surface area contributed by atoms with Gasteiger partial charge in [0, 0.05) is 12.1 Å². The van der Waals surface area contributed by atoms with E-state index in [9.17, 15) is 4.79 Å². The second-order valence-corrected chi connectivity index (χ2v) is 2.12. The highest BCUT2D eigenvalue weighted by atomic mass is 35.5. The van der Waals surface area contributed by atoms with E-state index in [1.54, 1.807) is 0 Å². The SMILES string of the molecule is NCc1cn[nH]c(=O)c1Cl. The van der Waals surface area contributed by atoms with E-state index in [0.29, 0.717) is 5.56 Å². The van der Waals surface area contributed by atoms with Gasteiger partial charge in [0.2, 0.25) is 0 Å². The second kappa shape index (κ2) is 2.81. The molecular formula is C5H6ClN3O. The first-order valence-corrected chi connectivity index (χ1v) is 3.05. The van der Waals surface area contributed by atoms with Crippen molar-refractivity contribution in [1.82, 2.24) is 10.2 Å². The van der Waals surface area contributed by atoms with Crippen LogP contribution in [0.25, 0.3) is 0 Å². The number of nitrogens with zero attached hydrogens (tertiary/aromatic N) is 1. The monoisotopic (exact) mass is 159 g/mol. The standard InChI is InChI=1S/C5H6ClN3O/c6-4-3(1-7)2-8-9-5(4)10/h2H,1,7H2,(H,9,10). The van der Waals surface area contributed by atoms with Gasteiger partial charge in [0.25, 0.3) is 5.56 Å². The molecule has 0 aromatic carbocycles. The van der Waals surface area contributed by atoms with Crippen LogP contribution in [0.3, 0.4) is 0 Å². The molecule has 0 aliphatic carbocycles. The minimum absolute atomic E-state index is 0.123. The Kier molecular flexibility index (Phi) is 2.03. The Balaban J connectivity index is 3.28. The van der Waals surface area contributed by atoms with E-state index >= 15 is 0 Å². The number of aromatic amines is 1. The summed E-state index contributed by atoms with van der Waals surface area (Å²) >= 11 is 5.53. The lowest BCUT2D eigenvalue weighted by atomic mass is 10.3. The average molecular weight is 160 g/mol.